The first-order chi connectivity index (χ1) is 12.2. The van der Waals surface area contributed by atoms with Crippen LogP contribution in [0, 0.1) is 0 Å². The Kier molecular flexibility index (Phi) is 3.76. The van der Waals surface area contributed by atoms with Gasteiger partial charge in [0.05, 0.1) is 18.9 Å². The quantitative estimate of drug-likeness (QED) is 0.680. The lowest BCUT2D eigenvalue weighted by Crippen LogP contribution is -2.09. The zero-order valence-corrected chi connectivity index (χ0v) is 13.7. The first kappa shape index (κ1) is 15.4. The molecule has 1 aromatic heterocycles. The number of hydrogen-bond donors (Lipinski definition) is 0. The highest BCUT2D eigenvalue weighted by Gasteiger charge is 2.21. The standard InChI is InChI=1S/C20H16O5/c1-23-20(22)18-14(9-10-24-18)11-25-19(21)16-8-7-13-6-5-12-3-2-4-15(16)17(12)13/h2-4,7-10H,5-6,11H2,1H3. The smallest absolute Gasteiger partial charge is 0.374 e. The van der Waals surface area contributed by atoms with Crippen LogP contribution in [0.5, 0.6) is 0 Å². The van der Waals surface area contributed by atoms with E-state index in [-0.39, 0.29) is 12.4 Å². The van der Waals surface area contributed by atoms with Crippen LogP contribution in [0.3, 0.4) is 0 Å². The molecule has 1 aliphatic carbocycles. The monoisotopic (exact) mass is 336 g/mol. The molecule has 0 N–H and O–H groups in total. The largest absolute Gasteiger partial charge is 0.463 e. The molecule has 1 heterocycles. The number of carbonyl (C=O) groups is 2. The lowest BCUT2D eigenvalue weighted by molar-refractivity contribution is 0.0455. The van der Waals surface area contributed by atoms with Crippen LogP contribution in [0.2, 0.25) is 0 Å². The summed E-state index contributed by atoms with van der Waals surface area (Å²) in [6, 6.07) is 11.4. The van der Waals surface area contributed by atoms with Crippen LogP contribution in [-0.4, -0.2) is 19.0 Å². The van der Waals surface area contributed by atoms with Crippen molar-refractivity contribution in [3.63, 3.8) is 0 Å². The number of rotatable bonds is 4. The van der Waals surface area contributed by atoms with Crippen molar-refractivity contribution in [3.8, 4) is 0 Å². The van der Waals surface area contributed by atoms with Gasteiger partial charge in [0.25, 0.3) is 0 Å². The summed E-state index contributed by atoms with van der Waals surface area (Å²) in [5.41, 5.74) is 3.55. The van der Waals surface area contributed by atoms with Crippen LogP contribution in [0.1, 0.15) is 37.6 Å². The number of methoxy groups -OCH3 is 1. The highest BCUT2D eigenvalue weighted by molar-refractivity contribution is 6.07. The summed E-state index contributed by atoms with van der Waals surface area (Å²) in [6.45, 7) is -0.0529. The van der Waals surface area contributed by atoms with E-state index in [1.165, 1.54) is 24.5 Å². The van der Waals surface area contributed by atoms with Gasteiger partial charge in [0.2, 0.25) is 5.76 Å². The third-order valence-corrected chi connectivity index (χ3v) is 4.57. The number of esters is 2. The molecule has 25 heavy (non-hydrogen) atoms. The predicted molar refractivity (Wildman–Crippen MR) is 90.5 cm³/mol. The molecule has 0 aliphatic heterocycles. The summed E-state index contributed by atoms with van der Waals surface area (Å²) in [6.07, 6.45) is 3.37. The Labute approximate surface area is 144 Å². The molecule has 2 aromatic carbocycles. The van der Waals surface area contributed by atoms with Crippen molar-refractivity contribution in [3.05, 3.63) is 70.7 Å². The van der Waals surface area contributed by atoms with Crippen LogP contribution in [0.25, 0.3) is 10.8 Å². The molecule has 0 fully saturated rings. The maximum Gasteiger partial charge on any atom is 0.374 e. The minimum absolute atomic E-state index is 0.0516. The Morgan fingerprint density at radius 3 is 2.64 bits per heavy atom. The molecular formula is C20H16O5. The number of hydrogen-bond acceptors (Lipinski definition) is 5. The van der Waals surface area contributed by atoms with E-state index in [0.717, 1.165) is 23.6 Å². The zero-order valence-electron chi connectivity index (χ0n) is 13.7. The maximum absolute atomic E-state index is 12.6. The highest BCUT2D eigenvalue weighted by atomic mass is 16.5. The van der Waals surface area contributed by atoms with Gasteiger partial charge in [-0.3, -0.25) is 0 Å². The van der Waals surface area contributed by atoms with Gasteiger partial charge in [-0.05, 0) is 46.9 Å². The number of ether oxygens (including phenoxy) is 2. The third kappa shape index (κ3) is 2.58. The number of benzene rings is 2. The zero-order chi connectivity index (χ0) is 17.4. The summed E-state index contributed by atoms with van der Waals surface area (Å²) in [5, 5.41) is 2.08. The topological polar surface area (TPSA) is 65.7 Å². The minimum atomic E-state index is -0.596. The Morgan fingerprint density at radius 2 is 1.84 bits per heavy atom. The van der Waals surface area contributed by atoms with Crippen LogP contribution in [-0.2, 0) is 28.9 Å². The van der Waals surface area contributed by atoms with Crippen LogP contribution < -0.4 is 0 Å². The number of carbonyl (C=O) groups excluding carboxylic acids is 2. The van der Waals surface area contributed by atoms with Gasteiger partial charge in [0.1, 0.15) is 6.61 Å². The van der Waals surface area contributed by atoms with E-state index < -0.39 is 11.9 Å². The maximum atomic E-state index is 12.6. The predicted octanol–water partition coefficient (Wildman–Crippen LogP) is 3.68. The normalized spacial score (nSPS) is 12.4. The van der Waals surface area contributed by atoms with Crippen molar-refractivity contribution >= 4 is 22.7 Å². The molecule has 126 valence electrons. The molecule has 0 amide bonds. The summed E-state index contributed by atoms with van der Waals surface area (Å²) in [5.74, 6) is -0.968. The van der Waals surface area contributed by atoms with Crippen molar-refractivity contribution < 1.29 is 23.5 Å². The van der Waals surface area contributed by atoms with Gasteiger partial charge in [0.15, 0.2) is 0 Å². The third-order valence-electron chi connectivity index (χ3n) is 4.57. The molecular weight excluding hydrogens is 320 g/mol. The Morgan fingerprint density at radius 1 is 1.04 bits per heavy atom. The number of aryl methyl sites for hydroxylation is 2. The Balaban J connectivity index is 1.60. The molecule has 0 saturated carbocycles. The average molecular weight is 336 g/mol. The summed E-state index contributed by atoms with van der Waals surface area (Å²) in [7, 11) is 1.27. The van der Waals surface area contributed by atoms with E-state index in [9.17, 15) is 9.59 Å². The number of furan rings is 1. The van der Waals surface area contributed by atoms with E-state index in [1.54, 1.807) is 6.07 Å². The van der Waals surface area contributed by atoms with Crippen LogP contribution in [0.4, 0.5) is 0 Å². The van der Waals surface area contributed by atoms with E-state index in [4.69, 9.17) is 9.15 Å². The molecule has 5 heteroatoms. The van der Waals surface area contributed by atoms with Crippen LogP contribution >= 0.6 is 0 Å². The van der Waals surface area contributed by atoms with E-state index in [2.05, 4.69) is 10.8 Å². The van der Waals surface area contributed by atoms with Crippen molar-refractivity contribution in [2.24, 2.45) is 0 Å². The lowest BCUT2D eigenvalue weighted by Gasteiger charge is -2.09. The fourth-order valence-electron chi connectivity index (χ4n) is 3.37. The molecule has 1 aliphatic rings. The SMILES string of the molecule is COC(=O)c1occc1COC(=O)c1ccc2c3c(cccc13)CC2. The summed E-state index contributed by atoms with van der Waals surface area (Å²) < 4.78 is 15.2. The highest BCUT2D eigenvalue weighted by Crippen LogP contribution is 2.33. The van der Waals surface area contributed by atoms with Crippen molar-refractivity contribution in [1.82, 2.24) is 0 Å². The molecule has 3 aromatic rings. The molecule has 4 rings (SSSR count). The molecule has 0 spiro atoms. The van der Waals surface area contributed by atoms with Gasteiger partial charge in [-0.2, -0.15) is 0 Å². The fourth-order valence-corrected chi connectivity index (χ4v) is 3.37. The molecule has 0 bridgehead atoms. The minimum Gasteiger partial charge on any atom is -0.463 e. The molecule has 0 radical (unpaired) electrons. The second-order valence-corrected chi connectivity index (χ2v) is 5.95. The first-order valence-electron chi connectivity index (χ1n) is 8.04. The van der Waals surface area contributed by atoms with Gasteiger partial charge in [-0.25, -0.2) is 9.59 Å². The molecule has 0 atom stereocenters. The van der Waals surface area contributed by atoms with E-state index >= 15 is 0 Å². The second kappa shape index (κ2) is 6.09. The molecule has 0 saturated heterocycles. The van der Waals surface area contributed by atoms with Gasteiger partial charge in [0, 0.05) is 5.56 Å². The Bertz CT molecular complexity index is 973. The fraction of sp³-hybridized carbons (Fsp3) is 0.200. The van der Waals surface area contributed by atoms with Gasteiger partial charge in [-0.15, -0.1) is 0 Å². The van der Waals surface area contributed by atoms with Gasteiger partial charge < -0.3 is 13.9 Å². The van der Waals surface area contributed by atoms with Crippen molar-refractivity contribution in [1.29, 1.82) is 0 Å². The van der Waals surface area contributed by atoms with Gasteiger partial charge >= 0.3 is 11.9 Å². The van der Waals surface area contributed by atoms with Crippen LogP contribution in [0.15, 0.2) is 47.1 Å². The average Bonchev–Trinajstić information content (AvgIpc) is 3.28. The van der Waals surface area contributed by atoms with Crippen molar-refractivity contribution in [2.45, 2.75) is 19.4 Å². The van der Waals surface area contributed by atoms with E-state index in [1.807, 2.05) is 24.3 Å². The molecule has 0 unspecified atom stereocenters. The van der Waals surface area contributed by atoms with E-state index in [0.29, 0.717) is 11.1 Å². The Hall–Kier alpha value is -3.08. The molecule has 5 nitrogen and oxygen atoms in total. The summed E-state index contributed by atoms with van der Waals surface area (Å²) >= 11 is 0. The van der Waals surface area contributed by atoms with Gasteiger partial charge in [-0.1, -0.05) is 24.3 Å². The summed E-state index contributed by atoms with van der Waals surface area (Å²) in [4.78, 5) is 24.2. The first-order valence-corrected chi connectivity index (χ1v) is 8.04. The second-order valence-electron chi connectivity index (χ2n) is 5.95. The van der Waals surface area contributed by atoms with Crippen molar-refractivity contribution in [2.75, 3.05) is 7.11 Å². The lowest BCUT2D eigenvalue weighted by atomic mass is 10.00.